The molecule has 26 heavy (non-hydrogen) atoms. The number of carbonyl (C=O) groups excluding carboxylic acids is 2. The van der Waals surface area contributed by atoms with Crippen LogP contribution < -0.4 is 5.32 Å². The van der Waals surface area contributed by atoms with Crippen LogP contribution in [0.2, 0.25) is 5.02 Å². The summed E-state index contributed by atoms with van der Waals surface area (Å²) in [6.07, 6.45) is 5.20. The molecule has 142 valence electrons. The number of benzene rings is 1. The number of likely N-dealkylation sites (N-methyl/N-ethyl adjacent to an activating group) is 1. The van der Waals surface area contributed by atoms with Crippen molar-refractivity contribution in [2.24, 2.45) is 5.92 Å². The SMILES string of the molecule is CN(CC(=O)Nc1ccc(Cl)cc1F)CC1CC(=O)N(C2CCCC2)C1. The summed E-state index contributed by atoms with van der Waals surface area (Å²) >= 11 is 5.71. The monoisotopic (exact) mass is 381 g/mol. The third-order valence-corrected chi connectivity index (χ3v) is 5.43. The fourth-order valence-electron chi connectivity index (χ4n) is 4.03. The van der Waals surface area contributed by atoms with Gasteiger partial charge in [-0.3, -0.25) is 14.5 Å². The summed E-state index contributed by atoms with van der Waals surface area (Å²) in [5.41, 5.74) is 0.122. The van der Waals surface area contributed by atoms with E-state index in [2.05, 4.69) is 5.32 Å². The number of hydrogen-bond acceptors (Lipinski definition) is 3. The number of nitrogens with zero attached hydrogens (tertiary/aromatic N) is 2. The maximum absolute atomic E-state index is 13.8. The first kappa shape index (κ1) is 19.1. The highest BCUT2D eigenvalue weighted by Crippen LogP contribution is 2.29. The van der Waals surface area contributed by atoms with Crippen molar-refractivity contribution in [2.45, 2.75) is 38.1 Å². The van der Waals surface area contributed by atoms with Crippen molar-refractivity contribution < 1.29 is 14.0 Å². The van der Waals surface area contributed by atoms with E-state index in [0.29, 0.717) is 19.0 Å². The average molecular weight is 382 g/mol. The highest BCUT2D eigenvalue weighted by molar-refractivity contribution is 6.30. The van der Waals surface area contributed by atoms with Crippen LogP contribution in [0.3, 0.4) is 0 Å². The second-order valence-electron chi connectivity index (χ2n) is 7.42. The molecule has 0 bridgehead atoms. The normalized spacial score (nSPS) is 21.0. The van der Waals surface area contributed by atoms with E-state index in [0.717, 1.165) is 19.4 Å². The summed E-state index contributed by atoms with van der Waals surface area (Å²) in [6.45, 7) is 1.60. The summed E-state index contributed by atoms with van der Waals surface area (Å²) in [6, 6.07) is 4.56. The number of rotatable bonds is 6. The second-order valence-corrected chi connectivity index (χ2v) is 7.86. The van der Waals surface area contributed by atoms with Gasteiger partial charge in [0.25, 0.3) is 0 Å². The minimum absolute atomic E-state index is 0.122. The predicted octanol–water partition coefficient (Wildman–Crippen LogP) is 3.14. The van der Waals surface area contributed by atoms with Crippen molar-refractivity contribution in [1.29, 1.82) is 0 Å². The third kappa shape index (κ3) is 4.74. The fraction of sp³-hybridized carbons (Fsp3) is 0.579. The van der Waals surface area contributed by atoms with Crippen LogP contribution in [0.4, 0.5) is 10.1 Å². The topological polar surface area (TPSA) is 52.7 Å². The van der Waals surface area contributed by atoms with Crippen molar-refractivity contribution in [3.8, 4) is 0 Å². The van der Waals surface area contributed by atoms with Gasteiger partial charge >= 0.3 is 0 Å². The largest absolute Gasteiger partial charge is 0.339 e. The molecule has 0 aromatic heterocycles. The van der Waals surface area contributed by atoms with Gasteiger partial charge in [-0.05, 0) is 44.0 Å². The Morgan fingerprint density at radius 1 is 1.38 bits per heavy atom. The Labute approximate surface area is 158 Å². The molecular weight excluding hydrogens is 357 g/mol. The smallest absolute Gasteiger partial charge is 0.238 e. The van der Waals surface area contributed by atoms with Gasteiger partial charge < -0.3 is 10.2 Å². The summed E-state index contributed by atoms with van der Waals surface area (Å²) in [4.78, 5) is 28.3. The molecule has 1 aromatic carbocycles. The fourth-order valence-corrected chi connectivity index (χ4v) is 4.19. The van der Waals surface area contributed by atoms with E-state index in [9.17, 15) is 14.0 Å². The molecule has 1 N–H and O–H groups in total. The van der Waals surface area contributed by atoms with Gasteiger partial charge in [-0.2, -0.15) is 0 Å². The van der Waals surface area contributed by atoms with Gasteiger partial charge in [0, 0.05) is 30.6 Å². The van der Waals surface area contributed by atoms with E-state index < -0.39 is 5.82 Å². The zero-order valence-electron chi connectivity index (χ0n) is 15.0. The van der Waals surface area contributed by atoms with E-state index in [-0.39, 0.29) is 35.0 Å². The number of carbonyl (C=O) groups is 2. The summed E-state index contributed by atoms with van der Waals surface area (Å²) in [7, 11) is 1.85. The van der Waals surface area contributed by atoms with Gasteiger partial charge in [-0.25, -0.2) is 4.39 Å². The van der Waals surface area contributed by atoms with Crippen LogP contribution in [0.5, 0.6) is 0 Å². The van der Waals surface area contributed by atoms with Crippen LogP contribution in [0.25, 0.3) is 0 Å². The van der Waals surface area contributed by atoms with Crippen molar-refractivity contribution in [2.75, 3.05) is 32.0 Å². The lowest BCUT2D eigenvalue weighted by Crippen LogP contribution is -2.37. The van der Waals surface area contributed by atoms with Crippen molar-refractivity contribution in [1.82, 2.24) is 9.80 Å². The second kappa shape index (κ2) is 8.35. The number of anilines is 1. The van der Waals surface area contributed by atoms with Crippen LogP contribution in [-0.4, -0.2) is 54.3 Å². The molecule has 1 saturated carbocycles. The minimum Gasteiger partial charge on any atom is -0.339 e. The lowest BCUT2D eigenvalue weighted by atomic mass is 10.1. The summed E-state index contributed by atoms with van der Waals surface area (Å²) in [5, 5.41) is 2.85. The van der Waals surface area contributed by atoms with E-state index in [1.807, 2.05) is 16.8 Å². The van der Waals surface area contributed by atoms with Gasteiger partial charge in [-0.1, -0.05) is 24.4 Å². The Kier molecular flexibility index (Phi) is 6.14. The first-order chi connectivity index (χ1) is 12.4. The molecule has 1 heterocycles. The van der Waals surface area contributed by atoms with Crippen molar-refractivity contribution in [3.63, 3.8) is 0 Å². The lowest BCUT2D eigenvalue weighted by molar-refractivity contribution is -0.129. The number of halogens is 2. The third-order valence-electron chi connectivity index (χ3n) is 5.19. The Hall–Kier alpha value is -1.66. The first-order valence-corrected chi connectivity index (χ1v) is 9.53. The highest BCUT2D eigenvalue weighted by atomic mass is 35.5. The van der Waals surface area contributed by atoms with Crippen LogP contribution in [0, 0.1) is 11.7 Å². The van der Waals surface area contributed by atoms with Gasteiger partial charge in [0.05, 0.1) is 12.2 Å². The lowest BCUT2D eigenvalue weighted by Gasteiger charge is -2.25. The molecule has 2 fully saturated rings. The molecule has 3 rings (SSSR count). The molecule has 1 aromatic rings. The Balaban J connectivity index is 1.47. The van der Waals surface area contributed by atoms with Crippen LogP contribution in [0.1, 0.15) is 32.1 Å². The van der Waals surface area contributed by atoms with Crippen molar-refractivity contribution >= 4 is 29.1 Å². The Morgan fingerprint density at radius 3 is 2.81 bits per heavy atom. The number of nitrogens with one attached hydrogen (secondary N) is 1. The molecular formula is C19H25ClFN3O2. The molecule has 1 aliphatic carbocycles. The average Bonchev–Trinajstić information content (AvgIpc) is 3.19. The van der Waals surface area contributed by atoms with Gasteiger partial charge in [0.15, 0.2) is 0 Å². The zero-order valence-corrected chi connectivity index (χ0v) is 15.8. The molecule has 2 amide bonds. The standard InChI is InChI=1S/C19H25ClFN3O2/c1-23(12-18(25)22-17-7-6-14(20)9-16(17)21)10-13-8-19(26)24(11-13)15-4-2-3-5-15/h6-7,9,13,15H,2-5,8,10-12H2,1H3,(H,22,25). The Bertz CT molecular complexity index is 679. The molecule has 1 saturated heterocycles. The Morgan fingerprint density at radius 2 is 2.12 bits per heavy atom. The quantitative estimate of drug-likeness (QED) is 0.823. The van der Waals surface area contributed by atoms with E-state index in [4.69, 9.17) is 11.6 Å². The minimum atomic E-state index is -0.554. The molecule has 1 atom stereocenters. The molecule has 2 aliphatic rings. The highest BCUT2D eigenvalue weighted by Gasteiger charge is 2.35. The maximum atomic E-state index is 13.8. The predicted molar refractivity (Wildman–Crippen MR) is 99.6 cm³/mol. The van der Waals surface area contributed by atoms with Crippen molar-refractivity contribution in [3.05, 3.63) is 29.0 Å². The molecule has 0 spiro atoms. The number of hydrogen-bond donors (Lipinski definition) is 1. The molecule has 5 nitrogen and oxygen atoms in total. The van der Waals surface area contributed by atoms with E-state index in [1.54, 1.807) is 0 Å². The number of amides is 2. The van der Waals surface area contributed by atoms with Gasteiger partial charge in [0.1, 0.15) is 5.82 Å². The molecule has 0 radical (unpaired) electrons. The molecule has 7 heteroatoms. The van der Waals surface area contributed by atoms with Gasteiger partial charge in [0.2, 0.25) is 11.8 Å². The van der Waals surface area contributed by atoms with Gasteiger partial charge in [-0.15, -0.1) is 0 Å². The summed E-state index contributed by atoms with van der Waals surface area (Å²) < 4.78 is 13.8. The van der Waals surface area contributed by atoms with E-state index in [1.165, 1.54) is 31.0 Å². The zero-order chi connectivity index (χ0) is 18.7. The summed E-state index contributed by atoms with van der Waals surface area (Å²) in [5.74, 6) is -0.357. The van der Waals surface area contributed by atoms with Crippen LogP contribution >= 0.6 is 11.6 Å². The number of likely N-dealkylation sites (tertiary alicyclic amines) is 1. The molecule has 1 unspecified atom stereocenters. The maximum Gasteiger partial charge on any atom is 0.238 e. The van der Waals surface area contributed by atoms with E-state index >= 15 is 0 Å². The van der Waals surface area contributed by atoms with Crippen LogP contribution in [-0.2, 0) is 9.59 Å². The molecule has 1 aliphatic heterocycles. The first-order valence-electron chi connectivity index (χ1n) is 9.15. The van der Waals surface area contributed by atoms with Crippen LogP contribution in [0.15, 0.2) is 18.2 Å².